The summed E-state index contributed by atoms with van der Waals surface area (Å²) in [4.78, 5) is 11.7. The molecule has 1 amide bonds. The van der Waals surface area contributed by atoms with Gasteiger partial charge in [-0.05, 0) is 25.7 Å². The predicted molar refractivity (Wildman–Crippen MR) is 68.6 cm³/mol. The standard InChI is InChI=1S/C12H17F3N2O3.ClH/c13-12(14,15)20-11(2-1-3-11)19-4-8(18)17-10-5-9(16,6-10)7-10;/h1-7,16H2,(H,17,18);1H. The van der Waals surface area contributed by atoms with Crippen LogP contribution in [0.3, 0.4) is 0 Å². The van der Waals surface area contributed by atoms with Gasteiger partial charge in [-0.2, -0.15) is 0 Å². The summed E-state index contributed by atoms with van der Waals surface area (Å²) in [5.74, 6) is -2.09. The molecule has 0 radical (unpaired) electrons. The number of hydrogen-bond donors (Lipinski definition) is 2. The minimum absolute atomic E-state index is 0. The van der Waals surface area contributed by atoms with E-state index in [1.165, 1.54) is 0 Å². The fraction of sp³-hybridized carbons (Fsp3) is 0.917. The molecule has 4 aliphatic rings. The SMILES string of the molecule is Cl.NC12CC(NC(=O)COC3(OC(F)(F)F)CCC3)(C1)C2. The molecule has 122 valence electrons. The van der Waals surface area contributed by atoms with Gasteiger partial charge >= 0.3 is 6.36 Å². The summed E-state index contributed by atoms with van der Waals surface area (Å²) < 4.78 is 45.9. The molecule has 9 heteroatoms. The molecule has 4 fully saturated rings. The molecule has 0 aromatic rings. The molecule has 0 saturated heterocycles. The van der Waals surface area contributed by atoms with Crippen molar-refractivity contribution in [3.63, 3.8) is 0 Å². The lowest BCUT2D eigenvalue weighted by atomic mass is 9.44. The van der Waals surface area contributed by atoms with Gasteiger partial charge in [0.1, 0.15) is 6.61 Å². The van der Waals surface area contributed by atoms with E-state index >= 15 is 0 Å². The van der Waals surface area contributed by atoms with Gasteiger partial charge in [-0.25, -0.2) is 0 Å². The fourth-order valence-electron chi connectivity index (χ4n) is 3.48. The van der Waals surface area contributed by atoms with E-state index in [0.29, 0.717) is 6.42 Å². The smallest absolute Gasteiger partial charge is 0.348 e. The first-order valence-electron chi connectivity index (χ1n) is 6.64. The molecule has 21 heavy (non-hydrogen) atoms. The van der Waals surface area contributed by atoms with Gasteiger partial charge in [0, 0.05) is 23.9 Å². The first kappa shape index (κ1) is 16.8. The Hall–Kier alpha value is -0.570. The molecule has 3 N–H and O–H groups in total. The van der Waals surface area contributed by atoms with Crippen LogP contribution < -0.4 is 11.1 Å². The van der Waals surface area contributed by atoms with E-state index in [-0.39, 0.29) is 36.3 Å². The Morgan fingerprint density at radius 1 is 1.24 bits per heavy atom. The molecular formula is C12H18ClF3N2O3. The zero-order chi connectivity index (χ0) is 14.6. The van der Waals surface area contributed by atoms with E-state index in [1.54, 1.807) is 0 Å². The van der Waals surface area contributed by atoms with Crippen LogP contribution in [0, 0.1) is 0 Å². The second kappa shape index (κ2) is 4.97. The summed E-state index contributed by atoms with van der Waals surface area (Å²) in [6, 6.07) is 0. The predicted octanol–water partition coefficient (Wildman–Crippen LogP) is 1.59. The molecule has 0 aliphatic heterocycles. The Morgan fingerprint density at radius 2 is 1.81 bits per heavy atom. The third kappa shape index (κ3) is 3.28. The summed E-state index contributed by atoms with van der Waals surface area (Å²) in [5.41, 5.74) is 5.48. The summed E-state index contributed by atoms with van der Waals surface area (Å²) >= 11 is 0. The number of ether oxygens (including phenoxy) is 2. The maximum Gasteiger partial charge on any atom is 0.524 e. The van der Waals surface area contributed by atoms with E-state index in [0.717, 1.165) is 19.3 Å². The van der Waals surface area contributed by atoms with Crippen molar-refractivity contribution in [1.29, 1.82) is 0 Å². The van der Waals surface area contributed by atoms with Crippen LogP contribution in [0.25, 0.3) is 0 Å². The van der Waals surface area contributed by atoms with E-state index < -0.39 is 24.7 Å². The van der Waals surface area contributed by atoms with Crippen LogP contribution in [0.15, 0.2) is 0 Å². The summed E-state index contributed by atoms with van der Waals surface area (Å²) in [6.07, 6.45) is -1.66. The van der Waals surface area contributed by atoms with Gasteiger partial charge in [-0.15, -0.1) is 25.6 Å². The second-order valence-electron chi connectivity index (χ2n) is 6.32. The highest BCUT2D eigenvalue weighted by atomic mass is 35.5. The molecule has 0 spiro atoms. The number of alkyl halides is 3. The van der Waals surface area contributed by atoms with E-state index in [9.17, 15) is 18.0 Å². The van der Waals surface area contributed by atoms with Gasteiger partial charge in [-0.3, -0.25) is 9.53 Å². The Kier molecular flexibility index (Phi) is 3.98. The maximum atomic E-state index is 12.3. The number of amides is 1. The van der Waals surface area contributed by atoms with Crippen LogP contribution in [-0.2, 0) is 14.3 Å². The number of nitrogens with one attached hydrogen (secondary N) is 1. The molecule has 0 unspecified atom stereocenters. The van der Waals surface area contributed by atoms with E-state index in [2.05, 4.69) is 10.1 Å². The molecule has 0 atom stereocenters. The second-order valence-corrected chi connectivity index (χ2v) is 6.32. The van der Waals surface area contributed by atoms with Gasteiger partial charge in [0.05, 0.1) is 0 Å². The van der Waals surface area contributed by atoms with Gasteiger partial charge < -0.3 is 15.8 Å². The molecule has 4 saturated carbocycles. The summed E-state index contributed by atoms with van der Waals surface area (Å²) in [7, 11) is 0. The van der Waals surface area contributed by atoms with Crippen molar-refractivity contribution in [2.24, 2.45) is 5.73 Å². The molecule has 0 aromatic carbocycles. The van der Waals surface area contributed by atoms with Gasteiger partial charge in [0.15, 0.2) is 5.79 Å². The lowest BCUT2D eigenvalue weighted by Gasteiger charge is -2.68. The zero-order valence-electron chi connectivity index (χ0n) is 11.3. The van der Waals surface area contributed by atoms with Crippen LogP contribution in [0.5, 0.6) is 0 Å². The van der Waals surface area contributed by atoms with Gasteiger partial charge in [-0.1, -0.05) is 0 Å². The average molecular weight is 331 g/mol. The molecule has 0 aromatic heterocycles. The quantitative estimate of drug-likeness (QED) is 0.751. The third-order valence-corrected chi connectivity index (χ3v) is 4.36. The molecule has 5 nitrogen and oxygen atoms in total. The number of halogens is 4. The highest BCUT2D eigenvalue weighted by Gasteiger charge is 2.66. The number of carbonyl (C=O) groups is 1. The minimum Gasteiger partial charge on any atom is -0.348 e. The molecule has 4 rings (SSSR count). The zero-order valence-corrected chi connectivity index (χ0v) is 12.1. The van der Waals surface area contributed by atoms with Crippen LogP contribution in [0.2, 0.25) is 0 Å². The highest BCUT2D eigenvalue weighted by molar-refractivity contribution is 5.85. The summed E-state index contributed by atoms with van der Waals surface area (Å²) in [6.45, 7) is -0.421. The topological polar surface area (TPSA) is 73.6 Å². The Labute approximate surface area is 126 Å². The lowest BCUT2D eigenvalue weighted by molar-refractivity contribution is -0.432. The summed E-state index contributed by atoms with van der Waals surface area (Å²) in [5, 5.41) is 2.79. The van der Waals surface area contributed by atoms with Crippen LogP contribution in [0.1, 0.15) is 38.5 Å². The number of hydrogen-bond acceptors (Lipinski definition) is 4. The van der Waals surface area contributed by atoms with E-state index in [4.69, 9.17) is 10.5 Å². The minimum atomic E-state index is -4.75. The number of carbonyl (C=O) groups excluding carboxylic acids is 1. The third-order valence-electron chi connectivity index (χ3n) is 4.36. The van der Waals surface area contributed by atoms with Crippen molar-refractivity contribution in [2.75, 3.05) is 6.61 Å². The van der Waals surface area contributed by atoms with Crippen molar-refractivity contribution >= 4 is 18.3 Å². The maximum absolute atomic E-state index is 12.3. The average Bonchev–Trinajstić information content (AvgIpc) is 2.16. The molecule has 2 bridgehead atoms. The van der Waals surface area contributed by atoms with E-state index in [1.807, 2.05) is 0 Å². The number of rotatable bonds is 5. The first-order valence-corrected chi connectivity index (χ1v) is 6.64. The van der Waals surface area contributed by atoms with Crippen molar-refractivity contribution in [2.45, 2.75) is 61.8 Å². The molecule has 0 heterocycles. The number of nitrogens with two attached hydrogens (primary N) is 1. The van der Waals surface area contributed by atoms with Gasteiger partial charge in [0.2, 0.25) is 5.91 Å². The van der Waals surface area contributed by atoms with Crippen molar-refractivity contribution in [1.82, 2.24) is 5.32 Å². The largest absolute Gasteiger partial charge is 0.524 e. The fourth-order valence-corrected chi connectivity index (χ4v) is 3.48. The van der Waals surface area contributed by atoms with Crippen molar-refractivity contribution < 1.29 is 27.4 Å². The van der Waals surface area contributed by atoms with Gasteiger partial charge in [0.25, 0.3) is 0 Å². The highest BCUT2D eigenvalue weighted by Crippen LogP contribution is 2.58. The molecular weight excluding hydrogens is 313 g/mol. The monoisotopic (exact) mass is 330 g/mol. The first-order chi connectivity index (χ1) is 9.14. The van der Waals surface area contributed by atoms with Crippen LogP contribution in [0.4, 0.5) is 13.2 Å². The van der Waals surface area contributed by atoms with Crippen LogP contribution in [-0.4, -0.2) is 35.7 Å². The Balaban J connectivity index is 0.00000161. The van der Waals surface area contributed by atoms with Crippen molar-refractivity contribution in [3.8, 4) is 0 Å². The van der Waals surface area contributed by atoms with Crippen molar-refractivity contribution in [3.05, 3.63) is 0 Å². The Bertz CT molecular complexity index is 420. The Morgan fingerprint density at radius 3 is 2.19 bits per heavy atom. The molecule has 4 aliphatic carbocycles. The normalized spacial score (nSPS) is 35.6. The lowest BCUT2D eigenvalue weighted by Crippen LogP contribution is -2.82. The van der Waals surface area contributed by atoms with Crippen LogP contribution >= 0.6 is 12.4 Å².